The van der Waals surface area contributed by atoms with Gasteiger partial charge in [-0.2, -0.15) is 0 Å². The summed E-state index contributed by atoms with van der Waals surface area (Å²) in [5.74, 6) is 0. The predicted molar refractivity (Wildman–Crippen MR) is 147 cm³/mol. The first-order valence-corrected chi connectivity index (χ1v) is 12.8. The van der Waals surface area contributed by atoms with Crippen LogP contribution in [0.2, 0.25) is 0 Å². The Morgan fingerprint density at radius 3 is 1.21 bits per heavy atom. The third-order valence-corrected chi connectivity index (χ3v) is 7.40. The third-order valence-electron chi connectivity index (χ3n) is 7.40. The Labute approximate surface area is 201 Å². The molecule has 6 aromatic rings. The predicted octanol–water partition coefficient (Wildman–Crippen LogP) is 9.31. The lowest BCUT2D eigenvalue weighted by molar-refractivity contribution is 0.419. The Hall–Kier alpha value is -3.52. The van der Waals surface area contributed by atoms with Gasteiger partial charge in [0.05, 0.1) is 22.1 Å². The van der Waals surface area contributed by atoms with Crippen molar-refractivity contribution in [1.29, 1.82) is 0 Å². The monoisotopic (exact) mass is 444 g/mol. The van der Waals surface area contributed by atoms with E-state index in [1.54, 1.807) is 0 Å². The molecule has 0 aliphatic rings. The maximum absolute atomic E-state index is 2.61. The number of aromatic nitrogens is 2. The van der Waals surface area contributed by atoms with Crippen LogP contribution in [-0.4, -0.2) is 9.13 Å². The molecule has 0 aliphatic heterocycles. The topological polar surface area (TPSA) is 9.86 Å². The highest BCUT2D eigenvalue weighted by molar-refractivity contribution is 6.10. The van der Waals surface area contributed by atoms with Gasteiger partial charge in [0.15, 0.2) is 0 Å². The summed E-state index contributed by atoms with van der Waals surface area (Å²) in [5.41, 5.74) is 5.29. The average Bonchev–Trinajstić information content (AvgIpc) is 3.40. The maximum Gasteiger partial charge on any atom is 0.111 e. The molecule has 0 saturated heterocycles. The maximum atomic E-state index is 2.61. The van der Waals surface area contributed by atoms with Crippen molar-refractivity contribution in [3.63, 3.8) is 0 Å². The highest BCUT2D eigenvalue weighted by atomic mass is 15.2. The Bertz CT molecular complexity index is 1360. The van der Waals surface area contributed by atoms with Crippen molar-refractivity contribution in [1.82, 2.24) is 9.13 Å². The molecule has 2 nitrogen and oxygen atoms in total. The molecule has 0 aliphatic carbocycles. The summed E-state index contributed by atoms with van der Waals surface area (Å²) < 4.78 is 5.23. The molecule has 0 amide bonds. The van der Waals surface area contributed by atoms with E-state index >= 15 is 0 Å². The number of hydrogen-bond donors (Lipinski definition) is 0. The van der Waals surface area contributed by atoms with Gasteiger partial charge in [0, 0.05) is 21.5 Å². The van der Waals surface area contributed by atoms with Crippen molar-refractivity contribution in [2.24, 2.45) is 0 Å². The van der Waals surface area contributed by atoms with Crippen molar-refractivity contribution in [3.8, 4) is 0 Å². The van der Waals surface area contributed by atoms with E-state index in [1.807, 2.05) is 0 Å². The van der Waals surface area contributed by atoms with Crippen molar-refractivity contribution in [2.45, 2.75) is 51.6 Å². The first-order valence-electron chi connectivity index (χ1n) is 12.8. The molecule has 0 spiro atoms. The lowest BCUT2D eigenvalue weighted by Crippen LogP contribution is -2.18. The SMILES string of the molecule is CCCCCCCC(n1c2ccccc2c2ccccc21)n1c2ccccc2c2ccccc21. The van der Waals surface area contributed by atoms with Crippen LogP contribution in [0.15, 0.2) is 97.1 Å². The minimum Gasteiger partial charge on any atom is -0.319 e. The van der Waals surface area contributed by atoms with Crippen LogP contribution in [-0.2, 0) is 0 Å². The van der Waals surface area contributed by atoms with Crippen molar-refractivity contribution in [2.75, 3.05) is 0 Å². The molecule has 170 valence electrons. The summed E-state index contributed by atoms with van der Waals surface area (Å²) in [6.45, 7) is 2.29. The van der Waals surface area contributed by atoms with Gasteiger partial charge >= 0.3 is 0 Å². The van der Waals surface area contributed by atoms with Gasteiger partial charge in [-0.15, -0.1) is 0 Å². The van der Waals surface area contributed by atoms with Gasteiger partial charge < -0.3 is 9.13 Å². The molecule has 34 heavy (non-hydrogen) atoms. The summed E-state index contributed by atoms with van der Waals surface area (Å²) in [7, 11) is 0. The van der Waals surface area contributed by atoms with Crippen LogP contribution in [0.3, 0.4) is 0 Å². The highest BCUT2D eigenvalue weighted by Gasteiger charge is 2.23. The summed E-state index contributed by atoms with van der Waals surface area (Å²) >= 11 is 0. The Kier molecular flexibility index (Phi) is 5.58. The Balaban J connectivity index is 1.62. The second-order valence-corrected chi connectivity index (χ2v) is 9.49. The zero-order valence-electron chi connectivity index (χ0n) is 20.0. The highest BCUT2D eigenvalue weighted by Crippen LogP contribution is 2.39. The summed E-state index contributed by atoms with van der Waals surface area (Å²) in [5, 5.41) is 5.37. The first kappa shape index (κ1) is 21.0. The molecule has 0 N–H and O–H groups in total. The fraction of sp³-hybridized carbons (Fsp3) is 0.250. The van der Waals surface area contributed by atoms with Crippen LogP contribution in [0.1, 0.15) is 51.6 Å². The zero-order chi connectivity index (χ0) is 22.9. The first-order chi connectivity index (χ1) is 16.9. The molecule has 4 aromatic carbocycles. The number of nitrogens with zero attached hydrogens (tertiary/aromatic N) is 2. The van der Waals surface area contributed by atoms with Gasteiger partial charge in [-0.25, -0.2) is 0 Å². The van der Waals surface area contributed by atoms with Crippen LogP contribution < -0.4 is 0 Å². The fourth-order valence-electron chi connectivity index (χ4n) is 5.85. The van der Waals surface area contributed by atoms with Crippen molar-refractivity contribution in [3.05, 3.63) is 97.1 Å². The van der Waals surface area contributed by atoms with E-state index in [0.29, 0.717) is 0 Å². The molecular weight excluding hydrogens is 412 g/mol. The van der Waals surface area contributed by atoms with Crippen LogP contribution in [0.25, 0.3) is 43.6 Å². The van der Waals surface area contributed by atoms with Gasteiger partial charge in [-0.05, 0) is 37.1 Å². The number of fused-ring (bicyclic) bond motifs is 6. The molecule has 0 unspecified atom stereocenters. The quantitative estimate of drug-likeness (QED) is 0.207. The molecule has 0 saturated carbocycles. The van der Waals surface area contributed by atoms with Gasteiger partial charge in [0.2, 0.25) is 0 Å². The third kappa shape index (κ3) is 3.40. The minimum atomic E-state index is 0.219. The van der Waals surface area contributed by atoms with Crippen LogP contribution >= 0.6 is 0 Å². The van der Waals surface area contributed by atoms with E-state index in [2.05, 4.69) is 113 Å². The molecule has 2 heterocycles. The Morgan fingerprint density at radius 2 is 0.824 bits per heavy atom. The van der Waals surface area contributed by atoms with E-state index < -0.39 is 0 Å². The lowest BCUT2D eigenvalue weighted by Gasteiger charge is -2.25. The van der Waals surface area contributed by atoms with E-state index in [0.717, 1.165) is 6.42 Å². The minimum absolute atomic E-state index is 0.219. The molecule has 2 heteroatoms. The summed E-state index contributed by atoms with van der Waals surface area (Å²) in [4.78, 5) is 0. The largest absolute Gasteiger partial charge is 0.319 e. The zero-order valence-corrected chi connectivity index (χ0v) is 20.0. The molecule has 6 rings (SSSR count). The number of para-hydroxylation sites is 4. The average molecular weight is 445 g/mol. The summed E-state index contributed by atoms with van der Waals surface area (Å²) in [6.07, 6.45) is 7.79. The molecular formula is C32H32N2. The van der Waals surface area contributed by atoms with E-state index in [1.165, 1.54) is 75.7 Å². The lowest BCUT2D eigenvalue weighted by atomic mass is 10.1. The van der Waals surface area contributed by atoms with Crippen LogP contribution in [0.5, 0.6) is 0 Å². The Morgan fingerprint density at radius 1 is 0.471 bits per heavy atom. The summed E-state index contributed by atoms with van der Waals surface area (Å²) in [6, 6.07) is 35.7. The molecule has 0 fully saturated rings. The second-order valence-electron chi connectivity index (χ2n) is 9.49. The van der Waals surface area contributed by atoms with E-state index in [-0.39, 0.29) is 6.17 Å². The van der Waals surface area contributed by atoms with Gasteiger partial charge in [-0.3, -0.25) is 0 Å². The number of rotatable bonds is 8. The van der Waals surface area contributed by atoms with Crippen molar-refractivity contribution >= 4 is 43.6 Å². The normalized spacial score (nSPS) is 12.1. The molecule has 2 aromatic heterocycles. The van der Waals surface area contributed by atoms with Gasteiger partial charge in [0.1, 0.15) is 6.17 Å². The van der Waals surface area contributed by atoms with E-state index in [9.17, 15) is 0 Å². The molecule has 0 bridgehead atoms. The second kappa shape index (κ2) is 9.02. The molecule has 0 atom stereocenters. The number of hydrogen-bond acceptors (Lipinski definition) is 0. The standard InChI is InChI=1S/C32H32N2/c1-2-3-4-5-6-23-32(33-28-19-11-7-15-24(28)25-16-8-12-20-29(25)33)34-30-21-13-9-17-26(30)27-18-10-14-22-31(27)34/h7-22,32H,2-6,23H2,1H3. The number of unbranched alkanes of at least 4 members (excludes halogenated alkanes) is 4. The van der Waals surface area contributed by atoms with Crippen LogP contribution in [0, 0.1) is 0 Å². The smallest absolute Gasteiger partial charge is 0.111 e. The fourth-order valence-corrected chi connectivity index (χ4v) is 5.85. The van der Waals surface area contributed by atoms with E-state index in [4.69, 9.17) is 0 Å². The van der Waals surface area contributed by atoms with Crippen molar-refractivity contribution < 1.29 is 0 Å². The van der Waals surface area contributed by atoms with Gasteiger partial charge in [0.25, 0.3) is 0 Å². The van der Waals surface area contributed by atoms with Gasteiger partial charge in [-0.1, -0.05) is 105 Å². The molecule has 0 radical (unpaired) electrons. The van der Waals surface area contributed by atoms with Crippen LogP contribution in [0.4, 0.5) is 0 Å². The number of benzene rings is 4.